The molecule has 0 atom stereocenters. The summed E-state index contributed by atoms with van der Waals surface area (Å²) in [6.45, 7) is 5.70. The molecule has 0 bridgehead atoms. The van der Waals surface area contributed by atoms with Crippen LogP contribution in [-0.4, -0.2) is 66.2 Å². The summed E-state index contributed by atoms with van der Waals surface area (Å²) in [6.07, 6.45) is 0. The molecule has 3 aromatic carbocycles. The minimum absolute atomic E-state index is 0.0926. The lowest BCUT2D eigenvalue weighted by Crippen LogP contribution is -2.52. The van der Waals surface area contributed by atoms with E-state index in [0.29, 0.717) is 37.0 Å². The number of anilines is 2. The Kier molecular flexibility index (Phi) is 8.38. The van der Waals surface area contributed by atoms with Gasteiger partial charge < -0.3 is 19.3 Å². The number of nitrogens with zero attached hydrogens (tertiary/aromatic N) is 3. The molecule has 1 amide bonds. The van der Waals surface area contributed by atoms with Crippen molar-refractivity contribution in [2.45, 2.75) is 18.7 Å². The smallest absolute Gasteiger partial charge is 0.264 e. The van der Waals surface area contributed by atoms with E-state index in [1.165, 1.54) is 14.2 Å². The molecule has 0 aliphatic carbocycles. The quantitative estimate of drug-likeness (QED) is 0.405. The summed E-state index contributed by atoms with van der Waals surface area (Å²) in [6, 6.07) is 17.2. The molecule has 1 fully saturated rings. The summed E-state index contributed by atoms with van der Waals surface area (Å²) >= 11 is 6.20. The standard InChI is InChI=1S/C28H32ClN3O5S/c1-20-5-10-24(11-6-20)38(34,35)32(25-12-9-23(36-3)18-27(25)37-4)19-28(33)31-15-13-30(14-16-31)26-17-22(29)8-7-21(26)2/h5-12,17-18H,13-16,19H2,1-4H3. The summed E-state index contributed by atoms with van der Waals surface area (Å²) < 4.78 is 39.6. The number of amides is 1. The Hall–Kier alpha value is -3.43. The fourth-order valence-corrected chi connectivity index (χ4v) is 6.06. The molecule has 1 aliphatic heterocycles. The van der Waals surface area contributed by atoms with Crippen molar-refractivity contribution < 1.29 is 22.7 Å². The Morgan fingerprint density at radius 1 is 0.921 bits per heavy atom. The van der Waals surface area contributed by atoms with Crippen LogP contribution in [0.15, 0.2) is 65.6 Å². The van der Waals surface area contributed by atoms with E-state index in [4.69, 9.17) is 21.1 Å². The molecule has 3 aromatic rings. The second-order valence-corrected chi connectivity index (χ2v) is 11.5. The maximum atomic E-state index is 13.8. The van der Waals surface area contributed by atoms with E-state index in [9.17, 15) is 13.2 Å². The van der Waals surface area contributed by atoms with Crippen LogP contribution in [0.2, 0.25) is 5.02 Å². The zero-order valence-corrected chi connectivity index (χ0v) is 23.6. The average molecular weight is 558 g/mol. The van der Waals surface area contributed by atoms with Crippen molar-refractivity contribution in [2.24, 2.45) is 0 Å². The van der Waals surface area contributed by atoms with Crippen molar-refractivity contribution in [3.63, 3.8) is 0 Å². The summed E-state index contributed by atoms with van der Waals surface area (Å²) in [5, 5.41) is 0.662. The number of aryl methyl sites for hydroxylation is 2. The van der Waals surface area contributed by atoms with Gasteiger partial charge >= 0.3 is 0 Å². The first kappa shape index (κ1) is 27.6. The zero-order valence-electron chi connectivity index (χ0n) is 22.0. The van der Waals surface area contributed by atoms with Gasteiger partial charge in [0.1, 0.15) is 18.0 Å². The molecule has 4 rings (SSSR count). The minimum Gasteiger partial charge on any atom is -0.497 e. The number of methoxy groups -OCH3 is 2. The van der Waals surface area contributed by atoms with E-state index in [2.05, 4.69) is 4.90 Å². The van der Waals surface area contributed by atoms with E-state index in [-0.39, 0.29) is 28.8 Å². The van der Waals surface area contributed by atoms with E-state index in [0.717, 1.165) is 21.1 Å². The molecule has 202 valence electrons. The van der Waals surface area contributed by atoms with Crippen molar-refractivity contribution in [3.8, 4) is 11.5 Å². The summed E-state index contributed by atoms with van der Waals surface area (Å²) in [4.78, 5) is 17.5. The highest BCUT2D eigenvalue weighted by molar-refractivity contribution is 7.92. The van der Waals surface area contributed by atoms with Gasteiger partial charge in [0.25, 0.3) is 10.0 Å². The van der Waals surface area contributed by atoms with Gasteiger partial charge in [-0.15, -0.1) is 0 Å². The van der Waals surface area contributed by atoms with Crippen molar-refractivity contribution in [3.05, 3.63) is 76.8 Å². The molecule has 0 saturated carbocycles. The Balaban J connectivity index is 1.60. The lowest BCUT2D eigenvalue weighted by molar-refractivity contribution is -0.129. The van der Waals surface area contributed by atoms with Crippen LogP contribution in [0, 0.1) is 13.8 Å². The van der Waals surface area contributed by atoms with Crippen LogP contribution < -0.4 is 18.7 Å². The van der Waals surface area contributed by atoms with Gasteiger partial charge in [-0.05, 0) is 55.8 Å². The van der Waals surface area contributed by atoms with Crippen LogP contribution in [-0.2, 0) is 14.8 Å². The molecular weight excluding hydrogens is 526 g/mol. The molecule has 1 aliphatic rings. The van der Waals surface area contributed by atoms with Crippen LogP contribution in [0.5, 0.6) is 11.5 Å². The first-order valence-corrected chi connectivity index (χ1v) is 14.1. The second-order valence-electron chi connectivity index (χ2n) is 9.16. The van der Waals surface area contributed by atoms with Crippen molar-refractivity contribution in [2.75, 3.05) is 56.1 Å². The number of carbonyl (C=O) groups is 1. The number of hydrogen-bond acceptors (Lipinski definition) is 6. The predicted octanol–water partition coefficient (Wildman–Crippen LogP) is 4.52. The Morgan fingerprint density at radius 2 is 1.61 bits per heavy atom. The Morgan fingerprint density at radius 3 is 2.24 bits per heavy atom. The average Bonchev–Trinajstić information content (AvgIpc) is 2.93. The third kappa shape index (κ3) is 5.84. The van der Waals surface area contributed by atoms with E-state index < -0.39 is 10.0 Å². The van der Waals surface area contributed by atoms with E-state index in [1.54, 1.807) is 47.4 Å². The van der Waals surface area contributed by atoms with Gasteiger partial charge in [0, 0.05) is 43.0 Å². The Bertz CT molecular complexity index is 1400. The van der Waals surface area contributed by atoms with Gasteiger partial charge in [0.15, 0.2) is 0 Å². The minimum atomic E-state index is -4.08. The fourth-order valence-electron chi connectivity index (χ4n) is 4.47. The SMILES string of the molecule is COc1ccc(N(CC(=O)N2CCN(c3cc(Cl)ccc3C)CC2)S(=O)(=O)c2ccc(C)cc2)c(OC)c1. The lowest BCUT2D eigenvalue weighted by atomic mass is 10.1. The first-order valence-electron chi connectivity index (χ1n) is 12.2. The predicted molar refractivity (Wildman–Crippen MR) is 150 cm³/mol. The van der Waals surface area contributed by atoms with Crippen LogP contribution in [0.4, 0.5) is 11.4 Å². The summed E-state index contributed by atoms with van der Waals surface area (Å²) in [7, 11) is -1.11. The first-order chi connectivity index (χ1) is 18.1. The summed E-state index contributed by atoms with van der Waals surface area (Å²) in [5.74, 6) is 0.507. The molecule has 0 aromatic heterocycles. The van der Waals surface area contributed by atoms with Crippen LogP contribution in [0.3, 0.4) is 0 Å². The third-order valence-corrected chi connectivity index (χ3v) is 8.70. The molecule has 0 radical (unpaired) electrons. The largest absolute Gasteiger partial charge is 0.497 e. The molecule has 1 heterocycles. The highest BCUT2D eigenvalue weighted by atomic mass is 35.5. The van der Waals surface area contributed by atoms with Gasteiger partial charge in [-0.2, -0.15) is 0 Å². The van der Waals surface area contributed by atoms with Gasteiger partial charge in [-0.1, -0.05) is 35.4 Å². The van der Waals surface area contributed by atoms with E-state index in [1.807, 2.05) is 32.0 Å². The van der Waals surface area contributed by atoms with Crippen molar-refractivity contribution in [1.29, 1.82) is 0 Å². The molecule has 0 unspecified atom stereocenters. The molecule has 1 saturated heterocycles. The van der Waals surface area contributed by atoms with Gasteiger partial charge in [-0.3, -0.25) is 9.10 Å². The molecule has 10 heteroatoms. The topological polar surface area (TPSA) is 79.4 Å². The number of hydrogen-bond donors (Lipinski definition) is 0. The second kappa shape index (κ2) is 11.5. The molecule has 8 nitrogen and oxygen atoms in total. The van der Waals surface area contributed by atoms with Crippen LogP contribution in [0.25, 0.3) is 0 Å². The molecule has 0 N–H and O–H groups in total. The highest BCUT2D eigenvalue weighted by Gasteiger charge is 2.32. The number of sulfonamides is 1. The number of rotatable bonds is 8. The summed E-state index contributed by atoms with van der Waals surface area (Å²) in [5.41, 5.74) is 3.34. The normalized spacial score (nSPS) is 13.8. The third-order valence-electron chi connectivity index (χ3n) is 6.69. The molecule has 38 heavy (non-hydrogen) atoms. The Labute approximate surface area is 229 Å². The van der Waals surface area contributed by atoms with Crippen molar-refractivity contribution in [1.82, 2.24) is 4.90 Å². The van der Waals surface area contributed by atoms with Gasteiger partial charge in [0.05, 0.1) is 24.8 Å². The monoisotopic (exact) mass is 557 g/mol. The number of halogens is 1. The lowest BCUT2D eigenvalue weighted by Gasteiger charge is -2.38. The van der Waals surface area contributed by atoms with Crippen LogP contribution >= 0.6 is 11.6 Å². The number of carbonyl (C=O) groups excluding carboxylic acids is 1. The number of benzene rings is 3. The van der Waals surface area contributed by atoms with Crippen molar-refractivity contribution >= 4 is 38.9 Å². The van der Waals surface area contributed by atoms with Crippen LogP contribution in [0.1, 0.15) is 11.1 Å². The zero-order chi connectivity index (χ0) is 27.4. The number of ether oxygens (including phenoxy) is 2. The maximum absolute atomic E-state index is 13.8. The van der Waals surface area contributed by atoms with Gasteiger partial charge in [0.2, 0.25) is 5.91 Å². The fraction of sp³-hybridized carbons (Fsp3) is 0.321. The van der Waals surface area contributed by atoms with E-state index >= 15 is 0 Å². The maximum Gasteiger partial charge on any atom is 0.264 e. The highest BCUT2D eigenvalue weighted by Crippen LogP contribution is 2.35. The molecular formula is C28H32ClN3O5S. The van der Waals surface area contributed by atoms with Gasteiger partial charge in [-0.25, -0.2) is 8.42 Å². The number of piperazine rings is 1. The molecule has 0 spiro atoms.